The van der Waals surface area contributed by atoms with E-state index in [1.54, 1.807) is 0 Å². The molecule has 0 aromatic rings. The SMILES string of the molecule is [N-]=[N+]=NC1(C2CCCCC2)C=CC=CC1. The van der Waals surface area contributed by atoms with Crippen LogP contribution in [-0.4, -0.2) is 5.54 Å². The first-order valence-electron chi connectivity index (χ1n) is 5.78. The lowest BCUT2D eigenvalue weighted by Gasteiger charge is -2.37. The van der Waals surface area contributed by atoms with Crippen molar-refractivity contribution in [3.8, 4) is 0 Å². The van der Waals surface area contributed by atoms with E-state index in [0.29, 0.717) is 5.92 Å². The smallest absolute Gasteiger partial charge is 0.0733 e. The summed E-state index contributed by atoms with van der Waals surface area (Å²) in [5.74, 6) is 0.545. The molecule has 0 bridgehead atoms. The molecule has 80 valence electrons. The number of azide groups is 1. The van der Waals surface area contributed by atoms with Gasteiger partial charge in [-0.25, -0.2) is 0 Å². The van der Waals surface area contributed by atoms with Crippen molar-refractivity contribution < 1.29 is 0 Å². The van der Waals surface area contributed by atoms with Crippen molar-refractivity contribution in [1.29, 1.82) is 0 Å². The highest BCUT2D eigenvalue weighted by Crippen LogP contribution is 2.40. The van der Waals surface area contributed by atoms with E-state index in [1.807, 2.05) is 12.2 Å². The second kappa shape index (κ2) is 4.54. The second-order valence-electron chi connectivity index (χ2n) is 4.51. The van der Waals surface area contributed by atoms with E-state index < -0.39 is 0 Å². The predicted molar refractivity (Wildman–Crippen MR) is 61.3 cm³/mol. The van der Waals surface area contributed by atoms with Gasteiger partial charge in [0.2, 0.25) is 0 Å². The van der Waals surface area contributed by atoms with E-state index in [0.717, 1.165) is 6.42 Å². The highest BCUT2D eigenvalue weighted by atomic mass is 15.2. The molecule has 0 N–H and O–H groups in total. The zero-order valence-electron chi connectivity index (χ0n) is 8.97. The normalized spacial score (nSPS) is 31.2. The first-order chi connectivity index (χ1) is 7.37. The Morgan fingerprint density at radius 1 is 1.20 bits per heavy atom. The van der Waals surface area contributed by atoms with E-state index in [-0.39, 0.29) is 5.54 Å². The van der Waals surface area contributed by atoms with Crippen LogP contribution in [0.1, 0.15) is 38.5 Å². The Labute approximate surface area is 90.5 Å². The van der Waals surface area contributed by atoms with Crippen LogP contribution in [0.4, 0.5) is 0 Å². The Hall–Kier alpha value is -1.21. The van der Waals surface area contributed by atoms with Crippen molar-refractivity contribution in [2.45, 2.75) is 44.1 Å². The second-order valence-corrected chi connectivity index (χ2v) is 4.51. The van der Waals surface area contributed by atoms with Gasteiger partial charge < -0.3 is 0 Å². The van der Waals surface area contributed by atoms with Gasteiger partial charge in [-0.2, -0.15) is 0 Å². The third-order valence-corrected chi connectivity index (χ3v) is 3.62. The first-order valence-corrected chi connectivity index (χ1v) is 5.78. The van der Waals surface area contributed by atoms with Crippen LogP contribution in [0.5, 0.6) is 0 Å². The van der Waals surface area contributed by atoms with Crippen molar-refractivity contribution in [3.05, 3.63) is 34.7 Å². The molecular formula is C12H17N3. The largest absolute Gasteiger partial charge is 0.0835 e. The fourth-order valence-electron chi connectivity index (χ4n) is 2.77. The molecule has 1 saturated carbocycles. The molecule has 0 aromatic carbocycles. The van der Waals surface area contributed by atoms with Gasteiger partial charge in [-0.05, 0) is 30.7 Å². The molecule has 1 fully saturated rings. The van der Waals surface area contributed by atoms with E-state index in [4.69, 9.17) is 5.53 Å². The van der Waals surface area contributed by atoms with Gasteiger partial charge in [0, 0.05) is 4.91 Å². The van der Waals surface area contributed by atoms with Crippen molar-refractivity contribution in [3.63, 3.8) is 0 Å². The molecule has 2 rings (SSSR count). The molecule has 3 nitrogen and oxygen atoms in total. The lowest BCUT2D eigenvalue weighted by atomic mass is 9.72. The maximum absolute atomic E-state index is 8.71. The topological polar surface area (TPSA) is 48.8 Å². The Bertz CT molecular complexity index is 320. The van der Waals surface area contributed by atoms with Crippen molar-refractivity contribution in [2.75, 3.05) is 0 Å². The van der Waals surface area contributed by atoms with Gasteiger partial charge in [0.1, 0.15) is 0 Å². The lowest BCUT2D eigenvalue weighted by molar-refractivity contribution is 0.248. The third-order valence-electron chi connectivity index (χ3n) is 3.62. The summed E-state index contributed by atoms with van der Waals surface area (Å²) < 4.78 is 0. The van der Waals surface area contributed by atoms with Gasteiger partial charge in [-0.3, -0.25) is 0 Å². The van der Waals surface area contributed by atoms with Crippen molar-refractivity contribution >= 4 is 0 Å². The molecule has 0 radical (unpaired) electrons. The first kappa shape index (κ1) is 10.3. The van der Waals surface area contributed by atoms with Gasteiger partial charge in [-0.1, -0.05) is 48.7 Å². The van der Waals surface area contributed by atoms with Gasteiger partial charge in [-0.15, -0.1) is 0 Å². The van der Waals surface area contributed by atoms with E-state index in [2.05, 4.69) is 22.2 Å². The fraction of sp³-hybridized carbons (Fsp3) is 0.667. The van der Waals surface area contributed by atoms with Gasteiger partial charge in [0.05, 0.1) is 5.54 Å². The maximum atomic E-state index is 8.71. The van der Waals surface area contributed by atoms with Gasteiger partial charge in [0.25, 0.3) is 0 Å². The van der Waals surface area contributed by atoms with Crippen molar-refractivity contribution in [2.24, 2.45) is 11.0 Å². The average molecular weight is 203 g/mol. The molecule has 1 atom stereocenters. The average Bonchev–Trinajstić information content (AvgIpc) is 2.32. The highest BCUT2D eigenvalue weighted by molar-refractivity contribution is 5.23. The van der Waals surface area contributed by atoms with Crippen LogP contribution < -0.4 is 0 Å². The third kappa shape index (κ3) is 2.07. The number of nitrogens with zero attached hydrogens (tertiary/aromatic N) is 3. The van der Waals surface area contributed by atoms with Crippen LogP contribution >= 0.6 is 0 Å². The summed E-state index contributed by atoms with van der Waals surface area (Å²) in [6.45, 7) is 0. The molecule has 0 aliphatic heterocycles. The molecule has 3 heteroatoms. The Balaban J connectivity index is 2.21. The summed E-state index contributed by atoms with van der Waals surface area (Å²) >= 11 is 0. The molecule has 2 aliphatic carbocycles. The maximum Gasteiger partial charge on any atom is 0.0733 e. The van der Waals surface area contributed by atoms with Crippen molar-refractivity contribution in [1.82, 2.24) is 0 Å². The Kier molecular flexibility index (Phi) is 3.12. The number of rotatable bonds is 2. The summed E-state index contributed by atoms with van der Waals surface area (Å²) in [7, 11) is 0. The van der Waals surface area contributed by atoms with E-state index in [1.165, 1.54) is 32.1 Å². The minimum atomic E-state index is -0.260. The Morgan fingerprint density at radius 2 is 2.00 bits per heavy atom. The molecule has 0 heterocycles. The van der Waals surface area contributed by atoms with Gasteiger partial charge in [0.15, 0.2) is 0 Å². The van der Waals surface area contributed by atoms with Gasteiger partial charge >= 0.3 is 0 Å². The van der Waals surface area contributed by atoms with Crippen LogP contribution in [0.3, 0.4) is 0 Å². The zero-order valence-corrected chi connectivity index (χ0v) is 8.97. The summed E-state index contributed by atoms with van der Waals surface area (Å²) in [6, 6.07) is 0. The molecule has 0 spiro atoms. The van der Waals surface area contributed by atoms with Crippen LogP contribution in [-0.2, 0) is 0 Å². The molecular weight excluding hydrogens is 186 g/mol. The lowest BCUT2D eigenvalue weighted by Crippen LogP contribution is -2.35. The minimum Gasteiger partial charge on any atom is -0.0835 e. The van der Waals surface area contributed by atoms with Crippen LogP contribution in [0.25, 0.3) is 10.4 Å². The highest BCUT2D eigenvalue weighted by Gasteiger charge is 2.35. The molecule has 0 saturated heterocycles. The predicted octanol–water partition coefficient (Wildman–Crippen LogP) is 4.13. The Morgan fingerprint density at radius 3 is 2.60 bits per heavy atom. The fourth-order valence-corrected chi connectivity index (χ4v) is 2.77. The van der Waals surface area contributed by atoms with Crippen LogP contribution in [0.15, 0.2) is 29.4 Å². The monoisotopic (exact) mass is 203 g/mol. The zero-order chi connectivity index (χ0) is 10.6. The minimum absolute atomic E-state index is 0.260. The summed E-state index contributed by atoms with van der Waals surface area (Å²) in [5.41, 5.74) is 8.45. The molecule has 15 heavy (non-hydrogen) atoms. The number of hydrogen-bond acceptors (Lipinski definition) is 1. The standard InChI is InChI=1S/C12H17N3/c13-15-14-12(9-5-2-6-10-12)11-7-3-1-4-8-11/h2,5-6,9,11H,1,3-4,7-8,10H2. The molecule has 1 unspecified atom stereocenters. The quantitative estimate of drug-likeness (QED) is 0.368. The molecule has 0 amide bonds. The van der Waals surface area contributed by atoms with Crippen LogP contribution in [0, 0.1) is 5.92 Å². The number of allylic oxidation sites excluding steroid dienone is 2. The van der Waals surface area contributed by atoms with E-state index in [9.17, 15) is 0 Å². The number of hydrogen-bond donors (Lipinski definition) is 0. The summed E-state index contributed by atoms with van der Waals surface area (Å²) in [4.78, 5) is 3.05. The summed E-state index contributed by atoms with van der Waals surface area (Å²) in [6.07, 6.45) is 15.5. The van der Waals surface area contributed by atoms with E-state index >= 15 is 0 Å². The van der Waals surface area contributed by atoms with Crippen LogP contribution in [0.2, 0.25) is 0 Å². The summed E-state index contributed by atoms with van der Waals surface area (Å²) in [5, 5.41) is 4.08. The molecule has 2 aliphatic rings. The molecule has 0 aromatic heterocycles.